The van der Waals surface area contributed by atoms with E-state index in [2.05, 4.69) is 31.3 Å². The average molecular weight is 263 g/mol. The molecular formula is C16H25NO2. The second kappa shape index (κ2) is 7.39. The molecular weight excluding hydrogens is 238 g/mol. The lowest BCUT2D eigenvalue weighted by Gasteiger charge is -2.26. The van der Waals surface area contributed by atoms with E-state index in [1.807, 2.05) is 6.07 Å². The largest absolute Gasteiger partial charge is 0.489 e. The summed E-state index contributed by atoms with van der Waals surface area (Å²) in [5.41, 5.74) is 2.54. The maximum atomic E-state index is 5.85. The molecule has 1 aromatic rings. The van der Waals surface area contributed by atoms with Gasteiger partial charge in [-0.1, -0.05) is 25.5 Å². The highest BCUT2D eigenvalue weighted by atomic mass is 16.5. The molecule has 19 heavy (non-hydrogen) atoms. The molecule has 0 radical (unpaired) electrons. The lowest BCUT2D eigenvalue weighted by atomic mass is 9.98. The Labute approximate surface area is 116 Å². The van der Waals surface area contributed by atoms with E-state index in [9.17, 15) is 0 Å². The van der Waals surface area contributed by atoms with Gasteiger partial charge in [0.2, 0.25) is 0 Å². The van der Waals surface area contributed by atoms with Gasteiger partial charge in [0, 0.05) is 12.6 Å². The molecule has 0 saturated heterocycles. The summed E-state index contributed by atoms with van der Waals surface area (Å²) in [6.45, 7) is 6.51. The third-order valence-electron chi connectivity index (χ3n) is 3.48. The number of fused-ring (bicyclic) bond motifs is 1. The molecule has 1 unspecified atom stereocenters. The lowest BCUT2D eigenvalue weighted by molar-refractivity contribution is 0.0982. The number of nitrogens with one attached hydrogen (secondary N) is 1. The minimum absolute atomic E-state index is 0.526. The van der Waals surface area contributed by atoms with Crippen LogP contribution in [-0.4, -0.2) is 25.9 Å². The van der Waals surface area contributed by atoms with Gasteiger partial charge in [0.05, 0.1) is 12.3 Å². The van der Waals surface area contributed by atoms with Gasteiger partial charge in [-0.05, 0) is 37.8 Å². The van der Waals surface area contributed by atoms with E-state index < -0.39 is 0 Å². The second-order valence-corrected chi connectivity index (χ2v) is 5.19. The summed E-state index contributed by atoms with van der Waals surface area (Å²) in [5.74, 6) is 0.961. The Bertz CT molecular complexity index is 392. The normalized spacial score (nSPS) is 17.7. The third kappa shape index (κ3) is 4.13. The summed E-state index contributed by atoms with van der Waals surface area (Å²) in [4.78, 5) is 0. The minimum atomic E-state index is 0.526. The van der Waals surface area contributed by atoms with Gasteiger partial charge in [-0.3, -0.25) is 0 Å². The van der Waals surface area contributed by atoms with Gasteiger partial charge in [-0.2, -0.15) is 0 Å². The van der Waals surface area contributed by atoms with Crippen LogP contribution < -0.4 is 10.1 Å². The van der Waals surface area contributed by atoms with E-state index in [4.69, 9.17) is 9.47 Å². The zero-order valence-corrected chi connectivity index (χ0v) is 12.1. The standard InChI is InChI=1S/C16H25NO2/c1-3-4-10-18-11-12-19-15-7-5-6-14-9-8-13(2)17-16(14)15/h5-7,13,17H,3-4,8-12H2,1-2H3. The summed E-state index contributed by atoms with van der Waals surface area (Å²) in [6, 6.07) is 6.82. The first-order chi connectivity index (χ1) is 9.31. The van der Waals surface area contributed by atoms with Gasteiger partial charge in [-0.25, -0.2) is 0 Å². The highest BCUT2D eigenvalue weighted by Gasteiger charge is 2.17. The first kappa shape index (κ1) is 14.2. The molecule has 0 amide bonds. The first-order valence-electron chi connectivity index (χ1n) is 7.40. The zero-order chi connectivity index (χ0) is 13.5. The van der Waals surface area contributed by atoms with Crippen molar-refractivity contribution in [2.24, 2.45) is 0 Å². The third-order valence-corrected chi connectivity index (χ3v) is 3.48. The summed E-state index contributed by atoms with van der Waals surface area (Å²) in [6.07, 6.45) is 4.62. The number of benzene rings is 1. The molecule has 0 spiro atoms. The number of para-hydroxylation sites is 1. The predicted molar refractivity (Wildman–Crippen MR) is 79.1 cm³/mol. The van der Waals surface area contributed by atoms with Crippen LogP contribution in [0.25, 0.3) is 0 Å². The Kier molecular flexibility index (Phi) is 5.52. The number of unbranched alkanes of at least 4 members (excludes halogenated alkanes) is 1. The molecule has 1 aliphatic heterocycles. The van der Waals surface area contributed by atoms with Gasteiger partial charge in [0.15, 0.2) is 0 Å². The Morgan fingerprint density at radius 2 is 2.16 bits per heavy atom. The number of aryl methyl sites for hydroxylation is 1. The minimum Gasteiger partial charge on any atom is -0.489 e. The van der Waals surface area contributed by atoms with Crippen molar-refractivity contribution in [2.75, 3.05) is 25.1 Å². The van der Waals surface area contributed by atoms with Gasteiger partial charge < -0.3 is 14.8 Å². The summed E-state index contributed by atoms with van der Waals surface area (Å²) in [5, 5.41) is 3.52. The molecule has 106 valence electrons. The molecule has 1 aliphatic rings. The zero-order valence-electron chi connectivity index (χ0n) is 12.1. The molecule has 1 atom stereocenters. The number of hydrogen-bond acceptors (Lipinski definition) is 3. The molecule has 0 fully saturated rings. The quantitative estimate of drug-likeness (QED) is 0.762. The molecule has 0 aromatic heterocycles. The van der Waals surface area contributed by atoms with Crippen molar-refractivity contribution in [3.8, 4) is 5.75 Å². The van der Waals surface area contributed by atoms with E-state index in [1.165, 1.54) is 24.1 Å². The molecule has 1 N–H and O–H groups in total. The summed E-state index contributed by atoms with van der Waals surface area (Å²) >= 11 is 0. The molecule has 0 aliphatic carbocycles. The fourth-order valence-corrected chi connectivity index (χ4v) is 2.32. The smallest absolute Gasteiger partial charge is 0.142 e. The maximum absolute atomic E-state index is 5.85. The lowest BCUT2D eigenvalue weighted by Crippen LogP contribution is -2.22. The van der Waals surface area contributed by atoms with Crippen LogP contribution in [0, 0.1) is 0 Å². The highest BCUT2D eigenvalue weighted by molar-refractivity contribution is 5.63. The number of ether oxygens (including phenoxy) is 2. The molecule has 0 saturated carbocycles. The first-order valence-corrected chi connectivity index (χ1v) is 7.40. The van der Waals surface area contributed by atoms with Crippen molar-refractivity contribution in [3.63, 3.8) is 0 Å². The fraction of sp³-hybridized carbons (Fsp3) is 0.625. The monoisotopic (exact) mass is 263 g/mol. The van der Waals surface area contributed by atoms with Crippen molar-refractivity contribution < 1.29 is 9.47 Å². The van der Waals surface area contributed by atoms with Crippen LogP contribution in [0.15, 0.2) is 18.2 Å². The topological polar surface area (TPSA) is 30.5 Å². The van der Waals surface area contributed by atoms with Crippen molar-refractivity contribution in [1.82, 2.24) is 0 Å². The van der Waals surface area contributed by atoms with Crippen LogP contribution >= 0.6 is 0 Å². The van der Waals surface area contributed by atoms with Gasteiger partial charge in [0.25, 0.3) is 0 Å². The number of anilines is 1. The van der Waals surface area contributed by atoms with Crippen molar-refractivity contribution in [2.45, 2.75) is 45.6 Å². The molecule has 2 rings (SSSR count). The van der Waals surface area contributed by atoms with Crippen molar-refractivity contribution >= 4 is 5.69 Å². The van der Waals surface area contributed by atoms with Gasteiger partial charge >= 0.3 is 0 Å². The van der Waals surface area contributed by atoms with Gasteiger partial charge in [-0.15, -0.1) is 0 Å². The molecule has 1 aromatic carbocycles. The molecule has 3 heteroatoms. The van der Waals surface area contributed by atoms with E-state index in [1.54, 1.807) is 0 Å². The second-order valence-electron chi connectivity index (χ2n) is 5.19. The Morgan fingerprint density at radius 1 is 1.26 bits per heavy atom. The fourth-order valence-electron chi connectivity index (χ4n) is 2.32. The van der Waals surface area contributed by atoms with Crippen molar-refractivity contribution in [1.29, 1.82) is 0 Å². The van der Waals surface area contributed by atoms with Crippen LogP contribution in [0.1, 0.15) is 38.7 Å². The number of rotatable bonds is 7. The Morgan fingerprint density at radius 3 is 3.00 bits per heavy atom. The van der Waals surface area contributed by atoms with Crippen LogP contribution in [-0.2, 0) is 11.2 Å². The van der Waals surface area contributed by atoms with E-state index in [-0.39, 0.29) is 0 Å². The van der Waals surface area contributed by atoms with E-state index >= 15 is 0 Å². The van der Waals surface area contributed by atoms with Crippen LogP contribution in [0.3, 0.4) is 0 Å². The number of hydrogen-bond donors (Lipinski definition) is 1. The average Bonchev–Trinajstić information content (AvgIpc) is 2.43. The maximum Gasteiger partial charge on any atom is 0.142 e. The van der Waals surface area contributed by atoms with Crippen molar-refractivity contribution in [3.05, 3.63) is 23.8 Å². The molecule has 0 bridgehead atoms. The van der Waals surface area contributed by atoms with E-state index in [0.717, 1.165) is 25.2 Å². The predicted octanol–water partition coefficient (Wildman–Crippen LogP) is 3.63. The highest BCUT2D eigenvalue weighted by Crippen LogP contribution is 2.33. The van der Waals surface area contributed by atoms with Crippen LogP contribution in [0.2, 0.25) is 0 Å². The van der Waals surface area contributed by atoms with Crippen LogP contribution in [0.5, 0.6) is 5.75 Å². The molecule has 1 heterocycles. The molecule has 3 nitrogen and oxygen atoms in total. The SMILES string of the molecule is CCCCOCCOc1cccc2c1NC(C)CC2. The van der Waals surface area contributed by atoms with Crippen LogP contribution in [0.4, 0.5) is 5.69 Å². The van der Waals surface area contributed by atoms with Gasteiger partial charge in [0.1, 0.15) is 12.4 Å². The van der Waals surface area contributed by atoms with E-state index in [0.29, 0.717) is 19.3 Å². The summed E-state index contributed by atoms with van der Waals surface area (Å²) < 4.78 is 11.4. The summed E-state index contributed by atoms with van der Waals surface area (Å²) in [7, 11) is 0. The Balaban J connectivity index is 1.83. The Hall–Kier alpha value is -1.22.